The highest BCUT2D eigenvalue weighted by Crippen LogP contribution is 2.68. The smallest absolute Gasteiger partial charge is 0.393 e. The second kappa shape index (κ2) is 15.1. The van der Waals surface area contributed by atoms with E-state index in [4.69, 9.17) is 9.92 Å². The van der Waals surface area contributed by atoms with Crippen molar-refractivity contribution in [1.29, 1.82) is 0 Å². The molecule has 3 unspecified atom stereocenters. The summed E-state index contributed by atoms with van der Waals surface area (Å²) in [5.74, 6) is 3.21. The standard InChI is InChI=1S/C34H65N3O5S/c1-23(2)31(42-43(39,40)41)12-9-24(3)27-10-11-28-32-29(14-16-34(27,28)5)33(4)15-13-26(21-25(33)22-30(32)38)37-20-8-19-36-18-7-6-17-35/h23-32,36-38H,6-22,35H2,1-5H3,(H,39,40,41)/t24-,25-,26+,27-,28+,29+,30?,31?,32?,33+,34-/m1/s1. The van der Waals surface area contributed by atoms with Crippen LogP contribution in [0.5, 0.6) is 0 Å². The Morgan fingerprint density at radius 3 is 2.30 bits per heavy atom. The summed E-state index contributed by atoms with van der Waals surface area (Å²) >= 11 is 0. The van der Waals surface area contributed by atoms with Gasteiger partial charge in [-0.25, -0.2) is 4.18 Å². The van der Waals surface area contributed by atoms with Gasteiger partial charge in [-0.1, -0.05) is 34.6 Å². The zero-order valence-corrected chi connectivity index (χ0v) is 28.7. The fraction of sp³-hybridized carbons (Fsp3) is 1.00. The molecule has 6 N–H and O–H groups in total. The first-order valence-corrected chi connectivity index (χ1v) is 19.1. The monoisotopic (exact) mass is 627 g/mol. The van der Waals surface area contributed by atoms with E-state index >= 15 is 0 Å². The topological polar surface area (TPSA) is 134 Å². The molecule has 0 amide bonds. The van der Waals surface area contributed by atoms with Crippen LogP contribution in [-0.4, -0.2) is 62.5 Å². The Labute approximate surface area is 263 Å². The first kappa shape index (κ1) is 35.6. The van der Waals surface area contributed by atoms with E-state index in [0.29, 0.717) is 53.4 Å². The number of hydrogen-bond acceptors (Lipinski definition) is 7. The number of nitrogens with two attached hydrogens (primary N) is 1. The lowest BCUT2D eigenvalue weighted by molar-refractivity contribution is -0.167. The maximum absolute atomic E-state index is 11.8. The molecule has 0 bridgehead atoms. The molecule has 0 saturated heterocycles. The largest absolute Gasteiger partial charge is 0.397 e. The Bertz CT molecular complexity index is 981. The summed E-state index contributed by atoms with van der Waals surface area (Å²) in [5, 5.41) is 19.2. The zero-order valence-electron chi connectivity index (χ0n) is 27.9. The summed E-state index contributed by atoms with van der Waals surface area (Å²) in [4.78, 5) is 0. The first-order chi connectivity index (χ1) is 20.3. The van der Waals surface area contributed by atoms with Gasteiger partial charge >= 0.3 is 10.4 Å². The maximum atomic E-state index is 11.8. The number of rotatable bonds is 16. The molecular weight excluding hydrogens is 562 g/mol. The lowest BCUT2D eigenvalue weighted by Gasteiger charge is -2.62. The average Bonchev–Trinajstić information content (AvgIpc) is 3.29. The minimum Gasteiger partial charge on any atom is -0.393 e. The van der Waals surface area contributed by atoms with Gasteiger partial charge in [0.1, 0.15) is 0 Å². The third-order valence-corrected chi connectivity index (χ3v) is 13.6. The molecule has 4 saturated carbocycles. The molecule has 0 aromatic heterocycles. The predicted molar refractivity (Wildman–Crippen MR) is 174 cm³/mol. The van der Waals surface area contributed by atoms with Gasteiger partial charge in [0.15, 0.2) is 0 Å². The third-order valence-electron chi connectivity index (χ3n) is 13.1. The predicted octanol–water partition coefficient (Wildman–Crippen LogP) is 5.55. The highest BCUT2D eigenvalue weighted by Gasteiger charge is 2.62. The molecule has 0 aliphatic heterocycles. The lowest BCUT2D eigenvalue weighted by atomic mass is 9.43. The van der Waals surface area contributed by atoms with Gasteiger partial charge in [-0.05, 0) is 162 Å². The number of unbranched alkanes of at least 4 members (excludes halogenated alkanes) is 1. The Kier molecular flexibility index (Phi) is 12.5. The van der Waals surface area contributed by atoms with Gasteiger partial charge in [0.05, 0.1) is 12.2 Å². The molecule has 252 valence electrons. The molecule has 4 rings (SSSR count). The summed E-state index contributed by atoms with van der Waals surface area (Å²) in [7, 11) is -4.45. The van der Waals surface area contributed by atoms with Crippen LogP contribution in [0.4, 0.5) is 0 Å². The van der Waals surface area contributed by atoms with E-state index in [1.54, 1.807) is 0 Å². The molecule has 0 heterocycles. The minimum absolute atomic E-state index is 0.0152. The van der Waals surface area contributed by atoms with Crippen molar-refractivity contribution in [3.63, 3.8) is 0 Å². The molecule has 0 aromatic carbocycles. The van der Waals surface area contributed by atoms with E-state index in [2.05, 4.69) is 31.4 Å². The van der Waals surface area contributed by atoms with Crippen LogP contribution >= 0.6 is 0 Å². The number of aliphatic hydroxyl groups excluding tert-OH is 1. The molecule has 4 aliphatic carbocycles. The van der Waals surface area contributed by atoms with E-state index in [1.807, 2.05) is 13.8 Å². The second-order valence-corrected chi connectivity index (χ2v) is 17.0. The summed E-state index contributed by atoms with van der Waals surface area (Å²) in [6, 6.07) is 0.573. The van der Waals surface area contributed by atoms with Gasteiger partial charge in [0.25, 0.3) is 0 Å². The molecule has 9 heteroatoms. The van der Waals surface area contributed by atoms with Crippen molar-refractivity contribution in [2.24, 2.45) is 58.0 Å². The van der Waals surface area contributed by atoms with Crippen LogP contribution in [0.3, 0.4) is 0 Å². The molecule has 43 heavy (non-hydrogen) atoms. The van der Waals surface area contributed by atoms with Crippen LogP contribution in [0.25, 0.3) is 0 Å². The van der Waals surface area contributed by atoms with E-state index in [-0.39, 0.29) is 17.4 Å². The Morgan fingerprint density at radius 2 is 1.60 bits per heavy atom. The van der Waals surface area contributed by atoms with Crippen molar-refractivity contribution >= 4 is 10.4 Å². The summed E-state index contributed by atoms with van der Waals surface area (Å²) in [6.07, 6.45) is 13.7. The van der Waals surface area contributed by atoms with Crippen LogP contribution < -0.4 is 16.4 Å². The maximum Gasteiger partial charge on any atom is 0.397 e. The number of nitrogens with one attached hydrogen (secondary N) is 2. The van der Waals surface area contributed by atoms with Crippen molar-refractivity contribution < 1.29 is 22.3 Å². The molecule has 11 atom stereocenters. The molecule has 8 nitrogen and oxygen atoms in total. The van der Waals surface area contributed by atoms with Crippen LogP contribution in [0.15, 0.2) is 0 Å². The molecule has 0 aromatic rings. The SMILES string of the molecule is CC(C)C(CC[C@@H](C)[C@H]1CC[C@H]2C3C(O)C[C@H]4C[C@@H](NCCCNCCCCN)CC[C@]4(C)[C@H]3CC[C@]12C)OS(=O)(=O)O. The van der Waals surface area contributed by atoms with E-state index < -0.39 is 16.5 Å². The molecule has 4 aliphatic rings. The summed E-state index contributed by atoms with van der Waals surface area (Å²) in [5.41, 5.74) is 6.13. The number of fused-ring (bicyclic) bond motifs is 5. The Hall–Kier alpha value is -0.290. The molecule has 4 fully saturated rings. The van der Waals surface area contributed by atoms with Gasteiger partial charge < -0.3 is 21.5 Å². The van der Waals surface area contributed by atoms with Crippen LogP contribution in [0.1, 0.15) is 118 Å². The lowest BCUT2D eigenvalue weighted by Crippen LogP contribution is -2.59. The van der Waals surface area contributed by atoms with Crippen LogP contribution in [0, 0.1) is 52.3 Å². The van der Waals surface area contributed by atoms with Crippen molar-refractivity contribution in [3.05, 3.63) is 0 Å². The quantitative estimate of drug-likeness (QED) is 0.111. The normalized spacial score (nSPS) is 39.2. The Morgan fingerprint density at radius 1 is 0.907 bits per heavy atom. The van der Waals surface area contributed by atoms with Gasteiger partial charge in [-0.3, -0.25) is 4.55 Å². The fourth-order valence-corrected chi connectivity index (χ4v) is 11.3. The molecular formula is C34H65N3O5S. The second-order valence-electron chi connectivity index (χ2n) is 15.9. The number of aliphatic hydroxyl groups is 1. The highest BCUT2D eigenvalue weighted by atomic mass is 32.3. The molecule has 0 spiro atoms. The fourth-order valence-electron chi connectivity index (χ4n) is 10.7. The van der Waals surface area contributed by atoms with Gasteiger partial charge in [-0.15, -0.1) is 0 Å². The van der Waals surface area contributed by atoms with E-state index in [1.165, 1.54) is 44.9 Å². The van der Waals surface area contributed by atoms with Crippen molar-refractivity contribution in [2.45, 2.75) is 136 Å². The Balaban J connectivity index is 1.32. The third kappa shape index (κ3) is 8.36. The van der Waals surface area contributed by atoms with Crippen molar-refractivity contribution in [1.82, 2.24) is 10.6 Å². The van der Waals surface area contributed by atoms with Gasteiger partial charge in [0, 0.05) is 6.04 Å². The average molecular weight is 628 g/mol. The highest BCUT2D eigenvalue weighted by molar-refractivity contribution is 7.80. The van der Waals surface area contributed by atoms with Gasteiger partial charge in [0.2, 0.25) is 0 Å². The minimum atomic E-state index is -4.45. The van der Waals surface area contributed by atoms with Gasteiger partial charge in [-0.2, -0.15) is 8.42 Å². The molecule has 0 radical (unpaired) electrons. The van der Waals surface area contributed by atoms with Crippen LogP contribution in [0.2, 0.25) is 0 Å². The van der Waals surface area contributed by atoms with Crippen LogP contribution in [-0.2, 0) is 14.6 Å². The summed E-state index contributed by atoms with van der Waals surface area (Å²) < 4.78 is 37.1. The zero-order chi connectivity index (χ0) is 31.4. The van der Waals surface area contributed by atoms with Crippen molar-refractivity contribution in [3.8, 4) is 0 Å². The number of hydrogen-bond donors (Lipinski definition) is 5. The van der Waals surface area contributed by atoms with E-state index in [9.17, 15) is 18.1 Å². The van der Waals surface area contributed by atoms with Crippen molar-refractivity contribution in [2.75, 3.05) is 26.2 Å². The summed E-state index contributed by atoms with van der Waals surface area (Å²) in [6.45, 7) is 15.3. The van der Waals surface area contributed by atoms with E-state index in [0.717, 1.165) is 58.3 Å². The first-order valence-electron chi connectivity index (χ1n) is 17.8.